The number of anilines is 1. The molecule has 2 heterocycles. The van der Waals surface area contributed by atoms with E-state index < -0.39 is 0 Å². The van der Waals surface area contributed by atoms with E-state index in [1.165, 1.54) is 25.7 Å². The average molecular weight is 233 g/mol. The van der Waals surface area contributed by atoms with Crippen LogP contribution in [0.25, 0.3) is 0 Å². The molecule has 0 aliphatic carbocycles. The highest BCUT2D eigenvalue weighted by Crippen LogP contribution is 2.23. The van der Waals surface area contributed by atoms with Gasteiger partial charge in [0, 0.05) is 19.6 Å². The van der Waals surface area contributed by atoms with Gasteiger partial charge in [-0.1, -0.05) is 19.4 Å². The molecule has 1 saturated heterocycles. The number of hydrogen-bond donors (Lipinski definition) is 1. The lowest BCUT2D eigenvalue weighted by molar-refractivity contribution is 0.459. The monoisotopic (exact) mass is 233 g/mol. The largest absolute Gasteiger partial charge is 0.357 e. The van der Waals surface area contributed by atoms with E-state index in [0.29, 0.717) is 6.54 Å². The summed E-state index contributed by atoms with van der Waals surface area (Å²) in [7, 11) is 0. The first-order chi connectivity index (χ1) is 8.33. The highest BCUT2D eigenvalue weighted by atomic mass is 15.2. The van der Waals surface area contributed by atoms with E-state index in [1.807, 2.05) is 6.07 Å². The van der Waals surface area contributed by atoms with Gasteiger partial charge in [0.2, 0.25) is 0 Å². The van der Waals surface area contributed by atoms with E-state index in [0.717, 1.165) is 30.5 Å². The first-order valence-electron chi connectivity index (χ1n) is 6.74. The van der Waals surface area contributed by atoms with Gasteiger partial charge in [0.15, 0.2) is 0 Å². The molecule has 1 aliphatic heterocycles. The molecule has 0 radical (unpaired) electrons. The van der Waals surface area contributed by atoms with Crippen LogP contribution in [-0.2, 0) is 6.54 Å². The molecule has 2 N–H and O–H groups in total. The van der Waals surface area contributed by atoms with Crippen LogP contribution in [0.4, 0.5) is 5.82 Å². The van der Waals surface area contributed by atoms with Gasteiger partial charge < -0.3 is 10.6 Å². The molecule has 0 aromatic carbocycles. The Morgan fingerprint density at radius 3 is 3.00 bits per heavy atom. The first-order valence-corrected chi connectivity index (χ1v) is 6.74. The molecule has 2 rings (SSSR count). The Balaban J connectivity index is 2.05. The summed E-state index contributed by atoms with van der Waals surface area (Å²) in [6, 6.07) is 6.16. The average Bonchev–Trinajstić information content (AvgIpc) is 2.64. The van der Waals surface area contributed by atoms with Gasteiger partial charge in [-0.25, -0.2) is 4.98 Å². The van der Waals surface area contributed by atoms with Crippen LogP contribution in [0, 0.1) is 5.92 Å². The van der Waals surface area contributed by atoms with Gasteiger partial charge in [-0.15, -0.1) is 0 Å². The summed E-state index contributed by atoms with van der Waals surface area (Å²) >= 11 is 0. The smallest absolute Gasteiger partial charge is 0.128 e. The fourth-order valence-corrected chi connectivity index (χ4v) is 2.56. The Hall–Kier alpha value is -1.09. The first kappa shape index (κ1) is 12.4. The Kier molecular flexibility index (Phi) is 4.37. The van der Waals surface area contributed by atoms with Gasteiger partial charge in [-0.3, -0.25) is 0 Å². The van der Waals surface area contributed by atoms with Crippen molar-refractivity contribution in [1.29, 1.82) is 0 Å². The van der Waals surface area contributed by atoms with E-state index in [-0.39, 0.29) is 0 Å². The van der Waals surface area contributed by atoms with Crippen molar-refractivity contribution in [2.45, 2.75) is 39.2 Å². The quantitative estimate of drug-likeness (QED) is 0.872. The molecular formula is C14H23N3. The summed E-state index contributed by atoms with van der Waals surface area (Å²) in [5, 5.41) is 0. The second-order valence-corrected chi connectivity index (χ2v) is 4.88. The molecule has 1 unspecified atom stereocenters. The van der Waals surface area contributed by atoms with Crippen LogP contribution in [0.15, 0.2) is 18.2 Å². The maximum Gasteiger partial charge on any atom is 0.128 e. The second kappa shape index (κ2) is 6.01. The summed E-state index contributed by atoms with van der Waals surface area (Å²) in [6.07, 6.45) is 5.26. The third-order valence-corrected chi connectivity index (χ3v) is 3.75. The molecule has 1 atom stereocenters. The molecule has 1 aromatic heterocycles. The standard InChI is InChI=1S/C14H23N3/c1-2-12-5-4-9-17(10-8-12)14-7-3-6-13(11-15)16-14/h3,6-7,12H,2,4-5,8-11,15H2,1H3. The Morgan fingerprint density at radius 2 is 2.24 bits per heavy atom. The van der Waals surface area contributed by atoms with E-state index in [1.54, 1.807) is 0 Å². The molecule has 17 heavy (non-hydrogen) atoms. The van der Waals surface area contributed by atoms with Crippen molar-refractivity contribution in [3.8, 4) is 0 Å². The molecule has 0 saturated carbocycles. The number of aromatic nitrogens is 1. The lowest BCUT2D eigenvalue weighted by Crippen LogP contribution is -2.25. The number of nitrogens with two attached hydrogens (primary N) is 1. The predicted molar refractivity (Wildman–Crippen MR) is 72.0 cm³/mol. The molecule has 1 aromatic rings. The van der Waals surface area contributed by atoms with E-state index in [4.69, 9.17) is 5.73 Å². The summed E-state index contributed by atoms with van der Waals surface area (Å²) in [5.41, 5.74) is 6.63. The van der Waals surface area contributed by atoms with E-state index in [2.05, 4.69) is 28.9 Å². The van der Waals surface area contributed by atoms with Gasteiger partial charge in [0.1, 0.15) is 5.82 Å². The Bertz CT molecular complexity index is 351. The van der Waals surface area contributed by atoms with Crippen LogP contribution in [0.5, 0.6) is 0 Å². The SMILES string of the molecule is CCC1CCCN(c2cccc(CN)n2)CC1. The van der Waals surface area contributed by atoms with E-state index >= 15 is 0 Å². The maximum absolute atomic E-state index is 5.64. The normalized spacial score (nSPS) is 21.3. The van der Waals surface area contributed by atoms with Crippen molar-refractivity contribution in [2.75, 3.05) is 18.0 Å². The molecule has 94 valence electrons. The minimum atomic E-state index is 0.527. The molecular weight excluding hydrogens is 210 g/mol. The third kappa shape index (κ3) is 3.19. The highest BCUT2D eigenvalue weighted by Gasteiger charge is 2.16. The van der Waals surface area contributed by atoms with Crippen molar-refractivity contribution >= 4 is 5.82 Å². The molecule has 1 aliphatic rings. The summed E-state index contributed by atoms with van der Waals surface area (Å²) in [6.45, 7) is 5.10. The van der Waals surface area contributed by atoms with E-state index in [9.17, 15) is 0 Å². The Labute approximate surface area is 104 Å². The van der Waals surface area contributed by atoms with Crippen LogP contribution in [0.1, 0.15) is 38.3 Å². The van der Waals surface area contributed by atoms with Gasteiger partial charge in [0.05, 0.1) is 5.69 Å². The van der Waals surface area contributed by atoms with Crippen molar-refractivity contribution in [1.82, 2.24) is 4.98 Å². The van der Waals surface area contributed by atoms with Gasteiger partial charge in [0.25, 0.3) is 0 Å². The molecule has 0 bridgehead atoms. The van der Waals surface area contributed by atoms with Crippen molar-refractivity contribution in [3.63, 3.8) is 0 Å². The van der Waals surface area contributed by atoms with Crippen LogP contribution in [-0.4, -0.2) is 18.1 Å². The molecule has 0 spiro atoms. The van der Waals surface area contributed by atoms with Gasteiger partial charge in [-0.05, 0) is 37.3 Å². The van der Waals surface area contributed by atoms with Crippen LogP contribution in [0.2, 0.25) is 0 Å². The second-order valence-electron chi connectivity index (χ2n) is 4.88. The minimum absolute atomic E-state index is 0.527. The topological polar surface area (TPSA) is 42.1 Å². The highest BCUT2D eigenvalue weighted by molar-refractivity contribution is 5.39. The molecule has 1 fully saturated rings. The minimum Gasteiger partial charge on any atom is -0.357 e. The fraction of sp³-hybridized carbons (Fsp3) is 0.643. The number of pyridine rings is 1. The zero-order valence-electron chi connectivity index (χ0n) is 10.7. The van der Waals surface area contributed by atoms with Crippen LogP contribution < -0.4 is 10.6 Å². The molecule has 3 nitrogen and oxygen atoms in total. The summed E-state index contributed by atoms with van der Waals surface area (Å²) in [5.74, 6) is 2.00. The fourth-order valence-electron chi connectivity index (χ4n) is 2.56. The lowest BCUT2D eigenvalue weighted by atomic mass is 9.98. The molecule has 3 heteroatoms. The molecule has 0 amide bonds. The summed E-state index contributed by atoms with van der Waals surface area (Å²) in [4.78, 5) is 7.02. The summed E-state index contributed by atoms with van der Waals surface area (Å²) < 4.78 is 0. The van der Waals surface area contributed by atoms with Gasteiger partial charge in [-0.2, -0.15) is 0 Å². The van der Waals surface area contributed by atoms with Gasteiger partial charge >= 0.3 is 0 Å². The Morgan fingerprint density at radius 1 is 1.35 bits per heavy atom. The number of hydrogen-bond acceptors (Lipinski definition) is 3. The number of nitrogens with zero attached hydrogens (tertiary/aromatic N) is 2. The zero-order chi connectivity index (χ0) is 12.1. The third-order valence-electron chi connectivity index (χ3n) is 3.75. The predicted octanol–water partition coefficient (Wildman–Crippen LogP) is 2.56. The maximum atomic E-state index is 5.64. The van der Waals surface area contributed by atoms with Crippen LogP contribution >= 0.6 is 0 Å². The van der Waals surface area contributed by atoms with Crippen LogP contribution in [0.3, 0.4) is 0 Å². The number of rotatable bonds is 3. The van der Waals surface area contributed by atoms with Crippen molar-refractivity contribution in [2.24, 2.45) is 11.7 Å². The zero-order valence-corrected chi connectivity index (χ0v) is 10.7. The van der Waals surface area contributed by atoms with Crippen molar-refractivity contribution < 1.29 is 0 Å². The van der Waals surface area contributed by atoms with Crippen molar-refractivity contribution in [3.05, 3.63) is 23.9 Å². The lowest BCUT2D eigenvalue weighted by Gasteiger charge is -2.22.